The lowest BCUT2D eigenvalue weighted by Crippen LogP contribution is -2.49. The lowest BCUT2D eigenvalue weighted by molar-refractivity contribution is -0.884. The fraction of sp³-hybridized carbons (Fsp3) is 0.778. The van der Waals surface area contributed by atoms with Gasteiger partial charge in [0.2, 0.25) is 0 Å². The van der Waals surface area contributed by atoms with Gasteiger partial charge in [-0.2, -0.15) is 0 Å². The number of hydrogen-bond donors (Lipinski definition) is 0. The van der Waals surface area contributed by atoms with Gasteiger partial charge in [0, 0.05) is 6.92 Å². The number of carboxylic acids is 1. The Morgan fingerprint density at radius 1 is 1.36 bits per heavy atom. The Labute approximate surface area is 84.9 Å². The van der Waals surface area contributed by atoms with Crippen molar-refractivity contribution in [3.05, 3.63) is 0 Å². The van der Waals surface area contributed by atoms with Crippen LogP contribution in [0.5, 0.6) is 0 Å². The summed E-state index contributed by atoms with van der Waals surface area (Å²) in [5, 5.41) is 10.3. The number of quaternary nitrogens is 1. The quantitative estimate of drug-likeness (QED) is 0.427. The first-order valence-electron chi connectivity index (χ1n) is 3.99. The standard InChI is InChI=1S/C8H15NO4.CH4/c1-7(10)13-5-4-9(2,3)6-8(11)12;/h4-6H2,1-3H3;1H4. The highest BCUT2D eigenvalue weighted by molar-refractivity contribution is 5.66. The summed E-state index contributed by atoms with van der Waals surface area (Å²) in [7, 11) is 3.47. The molecular formula is C9H19NO4. The first-order chi connectivity index (χ1) is 5.83. The minimum absolute atomic E-state index is 0. The SMILES string of the molecule is C.CC(=O)OCC[N+](C)(C)CC(=O)[O-]. The second kappa shape index (κ2) is 6.37. The van der Waals surface area contributed by atoms with Crippen molar-refractivity contribution in [2.24, 2.45) is 0 Å². The van der Waals surface area contributed by atoms with Crippen LogP contribution in [-0.4, -0.2) is 50.2 Å². The number of carbonyl (C=O) groups is 2. The van der Waals surface area contributed by atoms with Gasteiger partial charge in [0.25, 0.3) is 0 Å². The third-order valence-electron chi connectivity index (χ3n) is 1.56. The molecule has 0 saturated carbocycles. The highest BCUT2D eigenvalue weighted by Crippen LogP contribution is 1.95. The van der Waals surface area contributed by atoms with E-state index in [4.69, 9.17) is 4.74 Å². The Bertz CT molecular complexity index is 201. The van der Waals surface area contributed by atoms with Gasteiger partial charge in [-0.1, -0.05) is 7.43 Å². The number of hydrogen-bond acceptors (Lipinski definition) is 4. The van der Waals surface area contributed by atoms with Crippen LogP contribution in [0, 0.1) is 0 Å². The highest BCUT2D eigenvalue weighted by Gasteiger charge is 2.15. The number of aliphatic carboxylic acids is 1. The summed E-state index contributed by atoms with van der Waals surface area (Å²) in [5.74, 6) is -1.46. The van der Waals surface area contributed by atoms with Gasteiger partial charge in [-0.05, 0) is 0 Å². The molecule has 0 bridgehead atoms. The number of likely N-dealkylation sites (N-methyl/N-ethyl adjacent to an activating group) is 1. The van der Waals surface area contributed by atoms with Crippen LogP contribution in [-0.2, 0) is 14.3 Å². The molecule has 0 fully saturated rings. The Balaban J connectivity index is 0. The molecule has 14 heavy (non-hydrogen) atoms. The van der Waals surface area contributed by atoms with Gasteiger partial charge in [0.05, 0.1) is 20.1 Å². The Kier molecular flexibility index (Phi) is 6.99. The molecule has 0 rings (SSSR count). The zero-order valence-electron chi connectivity index (χ0n) is 8.20. The summed E-state index contributed by atoms with van der Waals surface area (Å²) in [6, 6.07) is 0. The van der Waals surface area contributed by atoms with Crippen molar-refractivity contribution in [1.82, 2.24) is 0 Å². The Hall–Kier alpha value is -1.10. The van der Waals surface area contributed by atoms with Gasteiger partial charge < -0.3 is 19.1 Å². The van der Waals surface area contributed by atoms with Gasteiger partial charge in [-0.15, -0.1) is 0 Å². The average Bonchev–Trinajstić information content (AvgIpc) is 1.81. The normalized spacial score (nSPS) is 10.2. The molecule has 84 valence electrons. The molecule has 0 N–H and O–H groups in total. The molecule has 0 aliphatic carbocycles. The molecule has 0 aromatic carbocycles. The molecule has 5 nitrogen and oxygen atoms in total. The summed E-state index contributed by atoms with van der Waals surface area (Å²) >= 11 is 0. The van der Waals surface area contributed by atoms with E-state index in [9.17, 15) is 14.7 Å². The monoisotopic (exact) mass is 205 g/mol. The van der Waals surface area contributed by atoms with E-state index in [1.807, 2.05) is 0 Å². The highest BCUT2D eigenvalue weighted by atomic mass is 16.5. The third-order valence-corrected chi connectivity index (χ3v) is 1.56. The predicted molar refractivity (Wildman–Crippen MR) is 50.2 cm³/mol. The summed E-state index contributed by atoms with van der Waals surface area (Å²) in [5.41, 5.74) is 0. The first-order valence-corrected chi connectivity index (χ1v) is 3.99. The topological polar surface area (TPSA) is 66.4 Å². The Morgan fingerprint density at radius 3 is 2.21 bits per heavy atom. The number of esters is 1. The molecule has 0 unspecified atom stereocenters. The van der Waals surface area contributed by atoms with E-state index < -0.39 is 5.97 Å². The smallest absolute Gasteiger partial charge is 0.302 e. The second-order valence-electron chi connectivity index (χ2n) is 3.53. The van der Waals surface area contributed by atoms with Crippen LogP contribution in [0.25, 0.3) is 0 Å². The molecule has 0 spiro atoms. The fourth-order valence-electron chi connectivity index (χ4n) is 0.865. The van der Waals surface area contributed by atoms with Crippen LogP contribution in [0.1, 0.15) is 14.4 Å². The van der Waals surface area contributed by atoms with E-state index in [1.54, 1.807) is 14.1 Å². The third kappa shape index (κ3) is 8.99. The van der Waals surface area contributed by atoms with Gasteiger partial charge in [-0.25, -0.2) is 0 Å². The zero-order chi connectivity index (χ0) is 10.5. The maximum atomic E-state index is 10.4. The molecule has 0 aliphatic rings. The number of carbonyl (C=O) groups excluding carboxylic acids is 2. The lowest BCUT2D eigenvalue weighted by Gasteiger charge is -2.29. The summed E-state index contributed by atoms with van der Waals surface area (Å²) in [4.78, 5) is 20.7. The fourth-order valence-corrected chi connectivity index (χ4v) is 0.865. The number of ether oxygens (including phenoxy) is 1. The van der Waals surface area contributed by atoms with Crippen molar-refractivity contribution < 1.29 is 23.9 Å². The predicted octanol–water partition coefficient (Wildman–Crippen LogP) is -0.988. The van der Waals surface area contributed by atoms with Gasteiger partial charge in [0.1, 0.15) is 19.7 Å². The van der Waals surface area contributed by atoms with Crippen molar-refractivity contribution in [2.45, 2.75) is 14.4 Å². The van der Waals surface area contributed by atoms with Crippen LogP contribution < -0.4 is 5.11 Å². The number of rotatable bonds is 5. The molecular weight excluding hydrogens is 186 g/mol. The van der Waals surface area contributed by atoms with E-state index in [-0.39, 0.29) is 31.0 Å². The molecule has 0 aliphatic heterocycles. The maximum Gasteiger partial charge on any atom is 0.302 e. The summed E-state index contributed by atoms with van der Waals surface area (Å²) < 4.78 is 4.94. The molecule has 0 saturated heterocycles. The maximum absolute atomic E-state index is 10.4. The number of carboxylic acid groups (broad SMARTS) is 1. The summed E-state index contributed by atoms with van der Waals surface area (Å²) in [6.07, 6.45) is 0. The van der Waals surface area contributed by atoms with Crippen LogP contribution in [0.4, 0.5) is 0 Å². The van der Waals surface area contributed by atoms with Gasteiger partial charge in [-0.3, -0.25) is 4.79 Å². The molecule has 0 atom stereocenters. The molecule has 0 heterocycles. The van der Waals surface area contributed by atoms with Crippen molar-refractivity contribution >= 4 is 11.9 Å². The van der Waals surface area contributed by atoms with Gasteiger partial charge in [0.15, 0.2) is 0 Å². The van der Waals surface area contributed by atoms with Crippen LogP contribution in [0.15, 0.2) is 0 Å². The largest absolute Gasteiger partial charge is 0.544 e. The van der Waals surface area contributed by atoms with E-state index in [0.29, 0.717) is 6.54 Å². The van der Waals surface area contributed by atoms with E-state index in [2.05, 4.69) is 0 Å². The lowest BCUT2D eigenvalue weighted by atomic mass is 10.4. The Morgan fingerprint density at radius 2 is 1.86 bits per heavy atom. The van der Waals surface area contributed by atoms with E-state index in [1.165, 1.54) is 6.92 Å². The molecule has 0 aromatic rings. The van der Waals surface area contributed by atoms with E-state index >= 15 is 0 Å². The molecule has 5 heteroatoms. The first kappa shape index (κ1) is 15.4. The second-order valence-corrected chi connectivity index (χ2v) is 3.53. The summed E-state index contributed by atoms with van der Waals surface area (Å²) in [6.45, 7) is 1.93. The van der Waals surface area contributed by atoms with Crippen LogP contribution >= 0.6 is 0 Å². The van der Waals surface area contributed by atoms with Crippen molar-refractivity contribution in [3.63, 3.8) is 0 Å². The van der Waals surface area contributed by atoms with Crippen LogP contribution in [0.2, 0.25) is 0 Å². The minimum Gasteiger partial charge on any atom is -0.544 e. The van der Waals surface area contributed by atoms with Crippen molar-refractivity contribution in [1.29, 1.82) is 0 Å². The van der Waals surface area contributed by atoms with Crippen LogP contribution in [0.3, 0.4) is 0 Å². The van der Waals surface area contributed by atoms with Crippen molar-refractivity contribution in [2.75, 3.05) is 33.8 Å². The van der Waals surface area contributed by atoms with E-state index in [0.717, 1.165) is 0 Å². The molecule has 0 radical (unpaired) electrons. The molecule has 0 amide bonds. The number of nitrogens with zero attached hydrogens (tertiary/aromatic N) is 1. The van der Waals surface area contributed by atoms with Gasteiger partial charge >= 0.3 is 5.97 Å². The minimum atomic E-state index is -1.10. The average molecular weight is 205 g/mol. The molecule has 0 aromatic heterocycles. The zero-order valence-corrected chi connectivity index (χ0v) is 8.20. The van der Waals surface area contributed by atoms with Crippen molar-refractivity contribution in [3.8, 4) is 0 Å².